The van der Waals surface area contributed by atoms with Crippen molar-refractivity contribution in [3.8, 4) is 6.07 Å². The molecule has 1 saturated heterocycles. The van der Waals surface area contributed by atoms with Gasteiger partial charge < -0.3 is 0 Å². The Bertz CT molecular complexity index is 229. The van der Waals surface area contributed by atoms with Crippen molar-refractivity contribution in [3.63, 3.8) is 0 Å². The van der Waals surface area contributed by atoms with Crippen LogP contribution in [-0.4, -0.2) is 24.0 Å². The molecule has 2 heteroatoms. The first kappa shape index (κ1) is 10.3. The van der Waals surface area contributed by atoms with E-state index in [9.17, 15) is 0 Å². The Morgan fingerprint density at radius 1 is 1.69 bits per heavy atom. The first-order valence-corrected chi connectivity index (χ1v) is 4.89. The van der Waals surface area contributed by atoms with E-state index in [0.29, 0.717) is 6.04 Å². The second kappa shape index (κ2) is 3.93. The Morgan fingerprint density at radius 3 is 2.92 bits per heavy atom. The molecular weight excluding hydrogens is 160 g/mol. The lowest BCUT2D eigenvalue weighted by Gasteiger charge is -2.38. The van der Waals surface area contributed by atoms with E-state index in [-0.39, 0.29) is 5.41 Å². The zero-order chi connectivity index (χ0) is 9.90. The Kier molecular flexibility index (Phi) is 3.11. The molecule has 2 unspecified atom stereocenters. The van der Waals surface area contributed by atoms with Crippen LogP contribution >= 0.6 is 0 Å². The van der Waals surface area contributed by atoms with Crippen LogP contribution < -0.4 is 0 Å². The van der Waals surface area contributed by atoms with Crippen LogP contribution in [0.15, 0.2) is 12.7 Å². The first-order chi connectivity index (χ1) is 6.11. The minimum Gasteiger partial charge on any atom is -0.296 e. The van der Waals surface area contributed by atoms with Gasteiger partial charge in [-0.05, 0) is 33.2 Å². The second-order valence-corrected chi connectivity index (χ2v) is 4.22. The summed E-state index contributed by atoms with van der Waals surface area (Å²) in [7, 11) is 0. The number of likely N-dealkylation sites (tertiary alicyclic amines) is 1. The summed E-state index contributed by atoms with van der Waals surface area (Å²) in [5.74, 6) is 0. The first-order valence-electron chi connectivity index (χ1n) is 4.89. The second-order valence-electron chi connectivity index (χ2n) is 4.22. The predicted molar refractivity (Wildman–Crippen MR) is 54.2 cm³/mol. The van der Waals surface area contributed by atoms with Gasteiger partial charge in [0.2, 0.25) is 0 Å². The smallest absolute Gasteiger partial charge is 0.0700 e. The van der Waals surface area contributed by atoms with Gasteiger partial charge in [0.05, 0.1) is 11.5 Å². The summed E-state index contributed by atoms with van der Waals surface area (Å²) in [6, 6.07) is 2.81. The van der Waals surface area contributed by atoms with Crippen LogP contribution in [0.25, 0.3) is 0 Å². The summed E-state index contributed by atoms with van der Waals surface area (Å²) in [5.41, 5.74) is -0.143. The highest BCUT2D eigenvalue weighted by Crippen LogP contribution is 2.29. The maximum absolute atomic E-state index is 9.02. The van der Waals surface area contributed by atoms with Gasteiger partial charge in [0.1, 0.15) is 0 Å². The molecule has 1 aliphatic heterocycles. The van der Waals surface area contributed by atoms with Crippen molar-refractivity contribution in [1.29, 1.82) is 5.26 Å². The maximum Gasteiger partial charge on any atom is 0.0700 e. The van der Waals surface area contributed by atoms with E-state index in [2.05, 4.69) is 31.4 Å². The van der Waals surface area contributed by atoms with Crippen molar-refractivity contribution in [3.05, 3.63) is 12.7 Å². The van der Waals surface area contributed by atoms with Crippen LogP contribution in [0.1, 0.15) is 26.7 Å². The summed E-state index contributed by atoms with van der Waals surface area (Å²) in [6.45, 7) is 9.96. The monoisotopic (exact) mass is 178 g/mol. The number of nitriles is 1. The molecule has 13 heavy (non-hydrogen) atoms. The van der Waals surface area contributed by atoms with E-state index in [0.717, 1.165) is 25.9 Å². The van der Waals surface area contributed by atoms with Crippen molar-refractivity contribution >= 4 is 0 Å². The van der Waals surface area contributed by atoms with E-state index in [1.54, 1.807) is 0 Å². The molecule has 0 N–H and O–H groups in total. The lowest BCUT2D eigenvalue weighted by atomic mass is 9.83. The molecule has 2 nitrogen and oxygen atoms in total. The zero-order valence-electron chi connectivity index (χ0n) is 8.58. The van der Waals surface area contributed by atoms with Crippen molar-refractivity contribution in [2.45, 2.75) is 32.7 Å². The van der Waals surface area contributed by atoms with E-state index in [1.807, 2.05) is 6.08 Å². The molecule has 1 fully saturated rings. The van der Waals surface area contributed by atoms with Crippen LogP contribution in [0.5, 0.6) is 0 Å². The molecule has 0 saturated carbocycles. The van der Waals surface area contributed by atoms with Crippen molar-refractivity contribution < 1.29 is 0 Å². The maximum atomic E-state index is 9.02. The van der Waals surface area contributed by atoms with Crippen LogP contribution in [-0.2, 0) is 0 Å². The fourth-order valence-corrected chi connectivity index (χ4v) is 1.87. The van der Waals surface area contributed by atoms with Gasteiger partial charge in [-0.15, -0.1) is 6.58 Å². The highest BCUT2D eigenvalue weighted by atomic mass is 15.2. The number of nitrogens with zero attached hydrogens (tertiary/aromatic N) is 2. The van der Waals surface area contributed by atoms with Gasteiger partial charge in [-0.25, -0.2) is 0 Å². The third-order valence-corrected chi connectivity index (χ3v) is 2.91. The highest BCUT2D eigenvalue weighted by Gasteiger charge is 2.31. The Morgan fingerprint density at radius 2 is 2.38 bits per heavy atom. The van der Waals surface area contributed by atoms with Gasteiger partial charge >= 0.3 is 0 Å². The van der Waals surface area contributed by atoms with Gasteiger partial charge in [-0.1, -0.05) is 6.08 Å². The molecule has 2 atom stereocenters. The average Bonchev–Trinajstić information content (AvgIpc) is 2.17. The van der Waals surface area contributed by atoms with Crippen LogP contribution in [0.4, 0.5) is 0 Å². The Labute approximate surface area is 80.8 Å². The molecule has 0 spiro atoms. The highest BCUT2D eigenvalue weighted by molar-refractivity contribution is 5.02. The fraction of sp³-hybridized carbons (Fsp3) is 0.727. The summed E-state index contributed by atoms with van der Waals surface area (Å²) in [5, 5.41) is 9.02. The SMILES string of the molecule is C=CC(C)N1CCCC(C)(C#N)C1. The number of hydrogen-bond acceptors (Lipinski definition) is 2. The van der Waals surface area contributed by atoms with Gasteiger partial charge in [0.15, 0.2) is 0 Å². The normalized spacial score (nSPS) is 32.1. The molecule has 0 aromatic rings. The number of rotatable bonds is 2. The largest absolute Gasteiger partial charge is 0.296 e. The predicted octanol–water partition coefficient (Wildman–Crippen LogP) is 2.19. The van der Waals surface area contributed by atoms with E-state index in [4.69, 9.17) is 5.26 Å². The van der Waals surface area contributed by atoms with Crippen LogP contribution in [0, 0.1) is 16.7 Å². The molecule has 1 aliphatic rings. The van der Waals surface area contributed by atoms with Gasteiger partial charge in [0, 0.05) is 12.6 Å². The summed E-state index contributed by atoms with van der Waals surface area (Å²) in [6.07, 6.45) is 4.11. The summed E-state index contributed by atoms with van der Waals surface area (Å²) < 4.78 is 0. The van der Waals surface area contributed by atoms with Crippen LogP contribution in [0.3, 0.4) is 0 Å². The Hall–Kier alpha value is -0.810. The average molecular weight is 178 g/mol. The third kappa shape index (κ3) is 2.32. The van der Waals surface area contributed by atoms with E-state index >= 15 is 0 Å². The molecule has 0 aromatic heterocycles. The third-order valence-electron chi connectivity index (χ3n) is 2.91. The molecule has 72 valence electrons. The minimum atomic E-state index is -0.143. The molecule has 0 radical (unpaired) electrons. The number of piperidine rings is 1. The number of hydrogen-bond donors (Lipinski definition) is 0. The molecule has 1 rings (SSSR count). The van der Waals surface area contributed by atoms with Gasteiger partial charge in [-0.3, -0.25) is 4.90 Å². The molecule has 0 bridgehead atoms. The van der Waals surface area contributed by atoms with E-state index < -0.39 is 0 Å². The molecule has 0 amide bonds. The molecule has 1 heterocycles. The van der Waals surface area contributed by atoms with E-state index in [1.165, 1.54) is 0 Å². The van der Waals surface area contributed by atoms with Gasteiger partial charge in [-0.2, -0.15) is 5.26 Å². The molecule has 0 aliphatic carbocycles. The molecular formula is C11H18N2. The zero-order valence-corrected chi connectivity index (χ0v) is 8.58. The van der Waals surface area contributed by atoms with Crippen LogP contribution in [0.2, 0.25) is 0 Å². The Balaban J connectivity index is 2.62. The van der Waals surface area contributed by atoms with Crippen molar-refractivity contribution in [2.24, 2.45) is 5.41 Å². The summed E-state index contributed by atoms with van der Waals surface area (Å²) in [4.78, 5) is 2.33. The lowest BCUT2D eigenvalue weighted by molar-refractivity contribution is 0.124. The minimum absolute atomic E-state index is 0.143. The van der Waals surface area contributed by atoms with Crippen molar-refractivity contribution in [2.75, 3.05) is 13.1 Å². The van der Waals surface area contributed by atoms with Crippen molar-refractivity contribution in [1.82, 2.24) is 4.90 Å². The fourth-order valence-electron chi connectivity index (χ4n) is 1.87. The van der Waals surface area contributed by atoms with Gasteiger partial charge in [0.25, 0.3) is 0 Å². The lowest BCUT2D eigenvalue weighted by Crippen LogP contribution is -2.44. The topological polar surface area (TPSA) is 27.0 Å². The standard InChI is InChI=1S/C11H18N2/c1-4-10(2)13-7-5-6-11(3,8-12)9-13/h4,10H,1,5-7,9H2,2-3H3. The quantitative estimate of drug-likeness (QED) is 0.606. The summed E-state index contributed by atoms with van der Waals surface area (Å²) >= 11 is 0. The molecule has 0 aromatic carbocycles.